The van der Waals surface area contributed by atoms with Crippen molar-refractivity contribution in [3.8, 4) is 22.4 Å². The first-order chi connectivity index (χ1) is 11.0. The van der Waals surface area contributed by atoms with Crippen molar-refractivity contribution in [2.75, 3.05) is 0 Å². The van der Waals surface area contributed by atoms with Gasteiger partial charge in [-0.2, -0.15) is 0 Å². The monoisotopic (exact) mass is 458 g/mol. The molecule has 3 rings (SSSR count). The van der Waals surface area contributed by atoms with Gasteiger partial charge in [0.25, 0.3) is 0 Å². The summed E-state index contributed by atoms with van der Waals surface area (Å²) in [4.78, 5) is 7.80. The number of hydrogen-bond acceptors (Lipinski definition) is 2. The van der Waals surface area contributed by atoms with Crippen LogP contribution in [0.5, 0.6) is 0 Å². The summed E-state index contributed by atoms with van der Waals surface area (Å²) in [5.41, 5.74) is 1.19. The van der Waals surface area contributed by atoms with E-state index in [1.54, 1.807) is 24.4 Å². The van der Waals surface area contributed by atoms with Crippen LogP contribution >= 0.6 is 43.5 Å². The van der Waals surface area contributed by atoms with Gasteiger partial charge in [0.05, 0.1) is 28.7 Å². The van der Waals surface area contributed by atoms with Crippen molar-refractivity contribution in [1.82, 2.24) is 9.97 Å². The molecule has 0 saturated heterocycles. The first kappa shape index (κ1) is 16.5. The smallest absolute Gasteiger partial charge is 0.152 e. The Labute approximate surface area is 152 Å². The Morgan fingerprint density at radius 3 is 2.26 bits per heavy atom. The standard InChI is InChI=1S/C16H7Br2ClF2N2/c17-8-4-11(18)16(23-5-8)10-3-1-2-9(15(10)19)14-12(20)6-22-7-13(14)21/h1-7H. The van der Waals surface area contributed by atoms with E-state index in [1.807, 2.05) is 6.07 Å². The van der Waals surface area contributed by atoms with E-state index in [0.717, 1.165) is 16.9 Å². The molecule has 0 amide bonds. The van der Waals surface area contributed by atoms with E-state index in [4.69, 9.17) is 11.6 Å². The molecule has 1 aromatic carbocycles. The van der Waals surface area contributed by atoms with Crippen molar-refractivity contribution < 1.29 is 8.78 Å². The third-order valence-corrected chi connectivity index (χ3v) is 4.63. The van der Waals surface area contributed by atoms with Gasteiger partial charge in [-0.3, -0.25) is 9.97 Å². The molecule has 0 radical (unpaired) electrons. The average Bonchev–Trinajstić information content (AvgIpc) is 2.49. The number of nitrogens with zero attached hydrogens (tertiary/aromatic N) is 2. The van der Waals surface area contributed by atoms with Crippen LogP contribution in [0.15, 0.2) is 51.8 Å². The molecule has 2 nitrogen and oxygen atoms in total. The van der Waals surface area contributed by atoms with Crippen molar-refractivity contribution in [1.29, 1.82) is 0 Å². The molecule has 0 spiro atoms. The van der Waals surface area contributed by atoms with Crippen molar-refractivity contribution in [3.05, 3.63) is 68.5 Å². The average molecular weight is 461 g/mol. The Balaban J connectivity index is 2.24. The second-order valence-corrected chi connectivity index (χ2v) is 6.78. The molecule has 7 heteroatoms. The van der Waals surface area contributed by atoms with Crippen molar-refractivity contribution in [2.45, 2.75) is 0 Å². The lowest BCUT2D eigenvalue weighted by Crippen LogP contribution is -1.94. The topological polar surface area (TPSA) is 25.8 Å². The summed E-state index contributed by atoms with van der Waals surface area (Å²) in [7, 11) is 0. The van der Waals surface area contributed by atoms with E-state index >= 15 is 0 Å². The van der Waals surface area contributed by atoms with Crippen LogP contribution in [0.2, 0.25) is 5.02 Å². The highest BCUT2D eigenvalue weighted by molar-refractivity contribution is 9.11. The Morgan fingerprint density at radius 1 is 0.957 bits per heavy atom. The molecule has 0 saturated carbocycles. The summed E-state index contributed by atoms with van der Waals surface area (Å²) in [5.74, 6) is -1.54. The van der Waals surface area contributed by atoms with Crippen LogP contribution in [0.3, 0.4) is 0 Å². The van der Waals surface area contributed by atoms with Gasteiger partial charge in [0, 0.05) is 26.3 Å². The molecule has 0 unspecified atom stereocenters. The Kier molecular flexibility index (Phi) is 4.75. The molecule has 0 aliphatic rings. The number of hydrogen-bond donors (Lipinski definition) is 0. The summed E-state index contributed by atoms with van der Waals surface area (Å²) < 4.78 is 29.5. The third-order valence-electron chi connectivity index (χ3n) is 3.18. The van der Waals surface area contributed by atoms with Crippen LogP contribution in [0.4, 0.5) is 8.78 Å². The van der Waals surface area contributed by atoms with Crippen LogP contribution in [0.1, 0.15) is 0 Å². The molecule has 2 aromatic heterocycles. The minimum absolute atomic E-state index is 0.208. The predicted octanol–water partition coefficient (Wildman–Crippen LogP) is 6.27. The van der Waals surface area contributed by atoms with E-state index in [0.29, 0.717) is 15.7 Å². The Hall–Kier alpha value is -1.37. The van der Waals surface area contributed by atoms with Gasteiger partial charge in [0.15, 0.2) is 11.6 Å². The molecular formula is C16H7Br2ClF2N2. The number of halogens is 5. The lowest BCUT2D eigenvalue weighted by atomic mass is 10.0. The van der Waals surface area contributed by atoms with E-state index in [1.165, 1.54) is 0 Å². The predicted molar refractivity (Wildman–Crippen MR) is 93.2 cm³/mol. The van der Waals surface area contributed by atoms with Gasteiger partial charge >= 0.3 is 0 Å². The lowest BCUT2D eigenvalue weighted by Gasteiger charge is -2.12. The second-order valence-electron chi connectivity index (χ2n) is 4.63. The molecule has 0 aliphatic heterocycles. The van der Waals surface area contributed by atoms with Gasteiger partial charge in [0.1, 0.15) is 0 Å². The fourth-order valence-electron chi connectivity index (χ4n) is 2.19. The zero-order chi connectivity index (χ0) is 16.6. The third kappa shape index (κ3) is 3.16. The Morgan fingerprint density at radius 2 is 1.61 bits per heavy atom. The van der Waals surface area contributed by atoms with Crippen molar-refractivity contribution in [3.63, 3.8) is 0 Å². The molecule has 3 aromatic rings. The zero-order valence-electron chi connectivity index (χ0n) is 11.3. The Bertz CT molecular complexity index is 883. The first-order valence-corrected chi connectivity index (χ1v) is 8.34. The number of benzene rings is 1. The zero-order valence-corrected chi connectivity index (χ0v) is 15.3. The molecule has 0 atom stereocenters. The number of rotatable bonds is 2. The normalized spacial score (nSPS) is 10.8. The van der Waals surface area contributed by atoms with Crippen LogP contribution in [0.25, 0.3) is 22.4 Å². The maximum absolute atomic E-state index is 14.0. The largest absolute Gasteiger partial charge is 0.259 e. The van der Waals surface area contributed by atoms with Gasteiger partial charge in [-0.05, 0) is 37.9 Å². The quantitative estimate of drug-likeness (QED) is 0.451. The fraction of sp³-hybridized carbons (Fsp3) is 0. The molecule has 0 bridgehead atoms. The molecule has 0 aliphatic carbocycles. The second kappa shape index (κ2) is 6.63. The summed E-state index contributed by atoms with van der Waals surface area (Å²) in [6, 6.07) is 6.79. The van der Waals surface area contributed by atoms with Crippen LogP contribution in [0, 0.1) is 11.6 Å². The van der Waals surface area contributed by atoms with Gasteiger partial charge in [0.2, 0.25) is 0 Å². The molecule has 0 fully saturated rings. The van der Waals surface area contributed by atoms with E-state index in [9.17, 15) is 8.78 Å². The highest BCUT2D eigenvalue weighted by atomic mass is 79.9. The molecule has 116 valence electrons. The van der Waals surface area contributed by atoms with Crippen molar-refractivity contribution >= 4 is 43.5 Å². The van der Waals surface area contributed by atoms with Gasteiger partial charge < -0.3 is 0 Å². The SMILES string of the molecule is Fc1cncc(F)c1-c1cccc(-c2ncc(Br)cc2Br)c1Cl. The maximum atomic E-state index is 14.0. The minimum Gasteiger partial charge on any atom is -0.259 e. The highest BCUT2D eigenvalue weighted by Gasteiger charge is 2.18. The maximum Gasteiger partial charge on any atom is 0.152 e. The lowest BCUT2D eigenvalue weighted by molar-refractivity contribution is 0.579. The minimum atomic E-state index is -0.771. The molecule has 0 N–H and O–H groups in total. The molecule has 23 heavy (non-hydrogen) atoms. The van der Waals surface area contributed by atoms with E-state index in [2.05, 4.69) is 41.8 Å². The summed E-state index contributed by atoms with van der Waals surface area (Å²) >= 11 is 13.2. The molecule has 2 heterocycles. The summed E-state index contributed by atoms with van der Waals surface area (Å²) in [6.45, 7) is 0. The van der Waals surface area contributed by atoms with Gasteiger partial charge in [-0.25, -0.2) is 8.78 Å². The molecular weight excluding hydrogens is 453 g/mol. The summed E-state index contributed by atoms with van der Waals surface area (Å²) in [5, 5.41) is 0.215. The first-order valence-electron chi connectivity index (χ1n) is 6.38. The van der Waals surface area contributed by atoms with Crippen molar-refractivity contribution in [2.24, 2.45) is 0 Å². The van der Waals surface area contributed by atoms with Gasteiger partial charge in [-0.15, -0.1) is 0 Å². The highest BCUT2D eigenvalue weighted by Crippen LogP contribution is 2.39. The summed E-state index contributed by atoms with van der Waals surface area (Å²) in [6.07, 6.45) is 3.53. The number of pyridine rings is 2. The van der Waals surface area contributed by atoms with E-state index < -0.39 is 11.6 Å². The van der Waals surface area contributed by atoms with E-state index in [-0.39, 0.29) is 16.1 Å². The number of aromatic nitrogens is 2. The van der Waals surface area contributed by atoms with Crippen LogP contribution in [-0.4, -0.2) is 9.97 Å². The van der Waals surface area contributed by atoms with Crippen LogP contribution in [-0.2, 0) is 0 Å². The van der Waals surface area contributed by atoms with Crippen LogP contribution < -0.4 is 0 Å². The fourth-order valence-corrected chi connectivity index (χ4v) is 3.70. The van der Waals surface area contributed by atoms with Gasteiger partial charge in [-0.1, -0.05) is 29.8 Å².